The Kier molecular flexibility index (Phi) is 7.70. The fourth-order valence-corrected chi connectivity index (χ4v) is 5.06. The molecule has 12 heteroatoms. The number of fused-ring (bicyclic) bond motifs is 1. The summed E-state index contributed by atoms with van der Waals surface area (Å²) in [6.45, 7) is 1.71. The van der Waals surface area contributed by atoms with Crippen molar-refractivity contribution in [3.63, 3.8) is 0 Å². The average molecular weight is 686 g/mol. The number of hydrogen-bond acceptors (Lipinski definition) is 6. The highest BCUT2D eigenvalue weighted by Gasteiger charge is 2.21. The summed E-state index contributed by atoms with van der Waals surface area (Å²) >= 11 is 16.5. The van der Waals surface area contributed by atoms with E-state index in [0.29, 0.717) is 22.3 Å². The molecule has 8 nitrogen and oxygen atoms in total. The number of halogens is 4. The maximum Gasteiger partial charge on any atom is 0.313 e. The van der Waals surface area contributed by atoms with Crippen LogP contribution in [0.2, 0.25) is 5.02 Å². The van der Waals surface area contributed by atoms with Crippen molar-refractivity contribution < 1.29 is 9.66 Å². The van der Waals surface area contributed by atoms with Gasteiger partial charge in [-0.3, -0.25) is 14.9 Å². The van der Waals surface area contributed by atoms with E-state index in [4.69, 9.17) is 16.3 Å². The van der Waals surface area contributed by atoms with Gasteiger partial charge in [0.1, 0.15) is 12.4 Å². The van der Waals surface area contributed by atoms with Crippen molar-refractivity contribution in [3.05, 3.63) is 104 Å². The Labute approximate surface area is 229 Å². The van der Waals surface area contributed by atoms with Gasteiger partial charge in [0.15, 0.2) is 0 Å². The molecule has 0 fully saturated rings. The van der Waals surface area contributed by atoms with Gasteiger partial charge < -0.3 is 4.74 Å². The van der Waals surface area contributed by atoms with Gasteiger partial charge in [-0.15, -0.1) is 0 Å². The first-order chi connectivity index (χ1) is 16.6. The molecule has 0 aliphatic heterocycles. The van der Waals surface area contributed by atoms with Crippen molar-refractivity contribution in [1.82, 2.24) is 9.66 Å². The van der Waals surface area contributed by atoms with E-state index in [1.807, 2.05) is 18.2 Å². The lowest BCUT2D eigenvalue weighted by Gasteiger charge is -2.11. The molecule has 0 aliphatic carbocycles. The molecule has 178 valence electrons. The van der Waals surface area contributed by atoms with Crippen LogP contribution in [0.25, 0.3) is 10.9 Å². The lowest BCUT2D eigenvalue weighted by atomic mass is 10.2. The van der Waals surface area contributed by atoms with Crippen LogP contribution in [-0.2, 0) is 6.61 Å². The SMILES string of the molecule is Cc1nc2ccc(Br)cc2c(=O)n1N=Cc1cc(Cl)c(OCc2ccc(Br)cc2Br)c([N+](=O)[O-])c1. The maximum atomic E-state index is 12.9. The van der Waals surface area contributed by atoms with Crippen molar-refractivity contribution in [2.45, 2.75) is 13.5 Å². The standard InChI is InChI=1S/C23H14Br3ClN4O4/c1-12-29-20-5-4-15(24)8-17(20)23(32)30(12)28-10-13-6-19(27)22(21(7-13)31(33)34)35-11-14-2-3-16(25)9-18(14)26/h2-10H,11H2,1H3. The quantitative estimate of drug-likeness (QED) is 0.124. The third-order valence-electron chi connectivity index (χ3n) is 4.92. The van der Waals surface area contributed by atoms with E-state index in [-0.39, 0.29) is 28.6 Å². The van der Waals surface area contributed by atoms with Crippen molar-refractivity contribution in [1.29, 1.82) is 0 Å². The molecular formula is C23H14Br3ClN4O4. The van der Waals surface area contributed by atoms with Crippen LogP contribution in [0.3, 0.4) is 0 Å². The second-order valence-electron chi connectivity index (χ2n) is 7.31. The lowest BCUT2D eigenvalue weighted by Crippen LogP contribution is -2.20. The van der Waals surface area contributed by atoms with Crippen molar-refractivity contribution in [2.75, 3.05) is 0 Å². The van der Waals surface area contributed by atoms with Crippen LogP contribution >= 0.6 is 59.4 Å². The second-order valence-corrected chi connectivity index (χ2v) is 10.4. The van der Waals surface area contributed by atoms with E-state index in [2.05, 4.69) is 57.9 Å². The van der Waals surface area contributed by atoms with Crippen molar-refractivity contribution >= 4 is 82.2 Å². The van der Waals surface area contributed by atoms with Crippen molar-refractivity contribution in [3.8, 4) is 5.75 Å². The molecule has 35 heavy (non-hydrogen) atoms. The molecule has 4 rings (SSSR count). The molecule has 1 aromatic heterocycles. The maximum absolute atomic E-state index is 12.9. The predicted molar refractivity (Wildman–Crippen MR) is 146 cm³/mol. The number of aromatic nitrogens is 2. The summed E-state index contributed by atoms with van der Waals surface area (Å²) in [5.74, 6) is 0.302. The third kappa shape index (κ3) is 5.64. The Bertz CT molecular complexity index is 1570. The molecule has 0 amide bonds. The Balaban J connectivity index is 1.68. The number of benzene rings is 3. The molecule has 0 unspecified atom stereocenters. The summed E-state index contributed by atoms with van der Waals surface area (Å²) < 4.78 is 9.24. The fourth-order valence-electron chi connectivity index (χ4n) is 3.26. The molecule has 3 aromatic carbocycles. The summed E-state index contributed by atoms with van der Waals surface area (Å²) in [7, 11) is 0. The van der Waals surface area contributed by atoms with Crippen LogP contribution in [-0.4, -0.2) is 20.8 Å². The van der Waals surface area contributed by atoms with Gasteiger partial charge in [0, 0.05) is 30.6 Å². The zero-order valence-electron chi connectivity index (χ0n) is 17.8. The van der Waals surface area contributed by atoms with Gasteiger partial charge in [0.2, 0.25) is 5.75 Å². The number of aryl methyl sites for hydroxylation is 1. The molecule has 1 heterocycles. The molecule has 0 N–H and O–H groups in total. The Morgan fingerprint density at radius 2 is 1.86 bits per heavy atom. The van der Waals surface area contributed by atoms with Crippen LogP contribution in [0.1, 0.15) is 17.0 Å². The molecule has 4 aromatic rings. The number of nitro benzene ring substituents is 1. The molecule has 0 aliphatic rings. The zero-order chi connectivity index (χ0) is 25.3. The average Bonchev–Trinajstić information content (AvgIpc) is 2.79. The van der Waals surface area contributed by atoms with E-state index in [9.17, 15) is 14.9 Å². The van der Waals surface area contributed by atoms with E-state index >= 15 is 0 Å². The Hall–Kier alpha value is -2.60. The first-order valence-corrected chi connectivity index (χ1v) is 12.7. The first-order valence-electron chi connectivity index (χ1n) is 9.92. The summed E-state index contributed by atoms with van der Waals surface area (Å²) in [6, 6.07) is 13.5. The second kappa shape index (κ2) is 10.6. The zero-order valence-corrected chi connectivity index (χ0v) is 23.4. The Morgan fingerprint density at radius 3 is 2.57 bits per heavy atom. The topological polar surface area (TPSA) is 99.6 Å². The van der Waals surface area contributed by atoms with Gasteiger partial charge in [0.05, 0.1) is 27.1 Å². The van der Waals surface area contributed by atoms with Gasteiger partial charge in [-0.2, -0.15) is 9.78 Å². The minimum absolute atomic E-state index is 0.0403. The summed E-state index contributed by atoms with van der Waals surface area (Å²) in [5.41, 5.74) is 0.955. The number of ether oxygens (including phenoxy) is 1. The normalized spacial score (nSPS) is 11.3. The largest absolute Gasteiger partial charge is 0.481 e. The van der Waals surface area contributed by atoms with Gasteiger partial charge >= 0.3 is 5.69 Å². The van der Waals surface area contributed by atoms with Gasteiger partial charge in [-0.1, -0.05) is 65.5 Å². The van der Waals surface area contributed by atoms with Crippen LogP contribution < -0.4 is 10.3 Å². The van der Waals surface area contributed by atoms with E-state index in [0.717, 1.165) is 23.7 Å². The van der Waals surface area contributed by atoms with Crippen molar-refractivity contribution in [2.24, 2.45) is 5.10 Å². The lowest BCUT2D eigenvalue weighted by molar-refractivity contribution is -0.385. The first kappa shape index (κ1) is 25.5. The summed E-state index contributed by atoms with van der Waals surface area (Å²) in [4.78, 5) is 28.5. The Morgan fingerprint density at radius 1 is 1.14 bits per heavy atom. The molecule has 0 radical (unpaired) electrons. The van der Waals surface area contributed by atoms with Crippen LogP contribution in [0.15, 0.2) is 71.8 Å². The monoisotopic (exact) mass is 682 g/mol. The minimum Gasteiger partial charge on any atom is -0.481 e. The molecule has 0 saturated heterocycles. The fraction of sp³-hybridized carbons (Fsp3) is 0.0870. The van der Waals surface area contributed by atoms with E-state index < -0.39 is 4.92 Å². The van der Waals surface area contributed by atoms with Crippen LogP contribution in [0.4, 0.5) is 5.69 Å². The smallest absolute Gasteiger partial charge is 0.313 e. The van der Waals surface area contributed by atoms with Gasteiger partial charge in [0.25, 0.3) is 5.56 Å². The number of rotatable bonds is 6. The third-order valence-corrected chi connectivity index (χ3v) is 6.93. The molecular weight excluding hydrogens is 671 g/mol. The highest BCUT2D eigenvalue weighted by Crippen LogP contribution is 2.37. The summed E-state index contributed by atoms with van der Waals surface area (Å²) in [6.07, 6.45) is 1.31. The van der Waals surface area contributed by atoms with Crippen LogP contribution in [0.5, 0.6) is 5.75 Å². The van der Waals surface area contributed by atoms with Crippen LogP contribution in [0, 0.1) is 17.0 Å². The number of hydrogen-bond donors (Lipinski definition) is 0. The summed E-state index contributed by atoms with van der Waals surface area (Å²) in [5, 5.41) is 16.4. The highest BCUT2D eigenvalue weighted by atomic mass is 79.9. The van der Waals surface area contributed by atoms with E-state index in [1.54, 1.807) is 25.1 Å². The van der Waals surface area contributed by atoms with E-state index in [1.165, 1.54) is 18.3 Å². The van der Waals surface area contributed by atoms with Gasteiger partial charge in [-0.05, 0) is 43.3 Å². The molecule has 0 spiro atoms. The minimum atomic E-state index is -0.582. The highest BCUT2D eigenvalue weighted by molar-refractivity contribution is 9.11. The molecule has 0 bridgehead atoms. The predicted octanol–water partition coefficient (Wildman–Crippen LogP) is 7.02. The molecule has 0 atom stereocenters. The number of nitrogens with zero attached hydrogens (tertiary/aromatic N) is 4. The van der Waals surface area contributed by atoms with Gasteiger partial charge in [-0.25, -0.2) is 4.98 Å². The number of nitro groups is 1. The molecule has 0 saturated carbocycles.